The maximum Gasteiger partial charge on any atom is 0.316 e. The first-order chi connectivity index (χ1) is 6.97. The Morgan fingerprint density at radius 2 is 2.27 bits per heavy atom. The molecule has 1 rings (SSSR count). The molecule has 0 aliphatic carbocycles. The molecule has 4 heteroatoms. The molecule has 1 aromatic rings. The zero-order chi connectivity index (χ0) is 11.3. The van der Waals surface area contributed by atoms with Crippen molar-refractivity contribution in [3.63, 3.8) is 0 Å². The predicted octanol–water partition coefficient (Wildman–Crippen LogP) is 3.32. The average molecular weight is 244 g/mol. The van der Waals surface area contributed by atoms with Gasteiger partial charge in [0.2, 0.25) is 0 Å². The van der Waals surface area contributed by atoms with E-state index in [0.29, 0.717) is 5.75 Å². The van der Waals surface area contributed by atoms with Crippen molar-refractivity contribution in [3.05, 3.63) is 22.4 Å². The molecule has 15 heavy (non-hydrogen) atoms. The first-order valence-electron chi connectivity index (χ1n) is 4.79. The van der Waals surface area contributed by atoms with Crippen molar-refractivity contribution in [1.82, 2.24) is 0 Å². The summed E-state index contributed by atoms with van der Waals surface area (Å²) in [5, 5.41) is 2.05. The Kier molecular flexibility index (Phi) is 4.67. The van der Waals surface area contributed by atoms with Crippen LogP contribution in [0, 0.1) is 0 Å². The average Bonchev–Trinajstić information content (AvgIpc) is 2.53. The second kappa shape index (κ2) is 5.56. The van der Waals surface area contributed by atoms with Crippen molar-refractivity contribution in [3.8, 4) is 0 Å². The first kappa shape index (κ1) is 12.6. The lowest BCUT2D eigenvalue weighted by molar-refractivity contribution is -0.151. The van der Waals surface area contributed by atoms with Gasteiger partial charge in [0.1, 0.15) is 5.60 Å². The number of ether oxygens (including phenoxy) is 1. The van der Waals surface area contributed by atoms with Crippen LogP contribution < -0.4 is 0 Å². The lowest BCUT2D eigenvalue weighted by atomic mass is 10.2. The van der Waals surface area contributed by atoms with Crippen molar-refractivity contribution in [2.75, 3.05) is 5.75 Å². The van der Waals surface area contributed by atoms with E-state index in [4.69, 9.17) is 4.74 Å². The normalized spacial score (nSPS) is 11.4. The number of hydrogen-bond donors (Lipinski definition) is 0. The first-order valence-corrected chi connectivity index (χ1v) is 6.83. The summed E-state index contributed by atoms with van der Waals surface area (Å²) in [4.78, 5) is 12.6. The van der Waals surface area contributed by atoms with Crippen molar-refractivity contribution < 1.29 is 9.53 Å². The molecule has 0 N–H and O–H groups in total. The largest absolute Gasteiger partial charge is 0.459 e. The lowest BCUT2D eigenvalue weighted by Gasteiger charge is -2.19. The van der Waals surface area contributed by atoms with Gasteiger partial charge in [0, 0.05) is 10.6 Å². The van der Waals surface area contributed by atoms with Crippen molar-refractivity contribution in [2.45, 2.75) is 32.1 Å². The molecule has 0 saturated heterocycles. The third-order valence-corrected chi connectivity index (χ3v) is 3.48. The van der Waals surface area contributed by atoms with Crippen molar-refractivity contribution in [2.24, 2.45) is 0 Å². The van der Waals surface area contributed by atoms with E-state index in [-0.39, 0.29) is 11.6 Å². The Balaban J connectivity index is 2.18. The van der Waals surface area contributed by atoms with E-state index in [1.165, 1.54) is 4.88 Å². The van der Waals surface area contributed by atoms with E-state index in [9.17, 15) is 4.79 Å². The third kappa shape index (κ3) is 5.85. The molecule has 1 aromatic heterocycles. The van der Waals surface area contributed by atoms with Gasteiger partial charge in [-0.3, -0.25) is 4.79 Å². The molecule has 0 saturated carbocycles. The highest BCUT2D eigenvalue weighted by atomic mass is 32.2. The number of esters is 1. The molecule has 84 valence electrons. The van der Waals surface area contributed by atoms with Gasteiger partial charge in [-0.1, -0.05) is 6.07 Å². The zero-order valence-corrected chi connectivity index (χ0v) is 10.9. The smallest absolute Gasteiger partial charge is 0.316 e. The van der Waals surface area contributed by atoms with Gasteiger partial charge < -0.3 is 4.74 Å². The minimum Gasteiger partial charge on any atom is -0.459 e. The number of carbonyl (C=O) groups excluding carboxylic acids is 1. The molecule has 0 radical (unpaired) electrons. The van der Waals surface area contributed by atoms with E-state index < -0.39 is 0 Å². The molecule has 0 unspecified atom stereocenters. The molecule has 0 spiro atoms. The second-order valence-corrected chi connectivity index (χ2v) is 6.18. The van der Waals surface area contributed by atoms with Gasteiger partial charge in [-0.15, -0.1) is 23.1 Å². The van der Waals surface area contributed by atoms with Gasteiger partial charge in [0.15, 0.2) is 0 Å². The van der Waals surface area contributed by atoms with Crippen LogP contribution in [0.2, 0.25) is 0 Å². The van der Waals surface area contributed by atoms with Crippen LogP contribution in [-0.2, 0) is 15.3 Å². The molecule has 0 aliphatic heterocycles. The fraction of sp³-hybridized carbons (Fsp3) is 0.545. The molecular formula is C11H16O2S2. The summed E-state index contributed by atoms with van der Waals surface area (Å²) >= 11 is 3.31. The minimum absolute atomic E-state index is 0.135. The number of thioether (sulfide) groups is 1. The van der Waals surface area contributed by atoms with E-state index in [1.54, 1.807) is 23.1 Å². The molecule has 0 atom stereocenters. The quantitative estimate of drug-likeness (QED) is 0.760. The van der Waals surface area contributed by atoms with Crippen LogP contribution in [0.15, 0.2) is 17.5 Å². The monoisotopic (exact) mass is 244 g/mol. The Bertz CT molecular complexity index is 299. The Hall–Kier alpha value is -0.480. The van der Waals surface area contributed by atoms with Gasteiger partial charge in [-0.05, 0) is 32.2 Å². The highest BCUT2D eigenvalue weighted by Gasteiger charge is 2.15. The zero-order valence-electron chi connectivity index (χ0n) is 9.28. The van der Waals surface area contributed by atoms with E-state index in [1.807, 2.05) is 32.2 Å². The molecule has 2 nitrogen and oxygen atoms in total. The van der Waals surface area contributed by atoms with Gasteiger partial charge in [0.05, 0.1) is 5.75 Å². The molecular weight excluding hydrogens is 228 g/mol. The van der Waals surface area contributed by atoms with E-state index in [0.717, 1.165) is 5.75 Å². The number of thiophene rings is 1. The van der Waals surface area contributed by atoms with Crippen LogP contribution in [0.25, 0.3) is 0 Å². The van der Waals surface area contributed by atoms with Crippen LogP contribution in [0.5, 0.6) is 0 Å². The summed E-state index contributed by atoms with van der Waals surface area (Å²) < 4.78 is 5.20. The molecule has 0 amide bonds. The van der Waals surface area contributed by atoms with Gasteiger partial charge in [-0.25, -0.2) is 0 Å². The highest BCUT2D eigenvalue weighted by molar-refractivity contribution is 7.99. The fourth-order valence-corrected chi connectivity index (χ4v) is 2.64. The Morgan fingerprint density at radius 3 is 2.80 bits per heavy atom. The molecule has 0 bridgehead atoms. The predicted molar refractivity (Wildman–Crippen MR) is 66.3 cm³/mol. The SMILES string of the molecule is CC(C)(C)OC(=O)CSCc1cccs1. The highest BCUT2D eigenvalue weighted by Crippen LogP contribution is 2.18. The number of carbonyl (C=O) groups is 1. The minimum atomic E-state index is -0.374. The van der Waals surface area contributed by atoms with Crippen LogP contribution in [-0.4, -0.2) is 17.3 Å². The summed E-state index contributed by atoms with van der Waals surface area (Å²) in [6.45, 7) is 5.65. The van der Waals surface area contributed by atoms with Crippen LogP contribution in [0.3, 0.4) is 0 Å². The van der Waals surface area contributed by atoms with Crippen LogP contribution in [0.4, 0.5) is 0 Å². The van der Waals surface area contributed by atoms with E-state index in [2.05, 4.69) is 6.07 Å². The standard InChI is InChI=1S/C11H16O2S2/c1-11(2,3)13-10(12)8-14-7-9-5-4-6-15-9/h4-6H,7-8H2,1-3H3. The van der Waals surface area contributed by atoms with Gasteiger partial charge >= 0.3 is 5.97 Å². The maximum absolute atomic E-state index is 11.3. The third-order valence-electron chi connectivity index (χ3n) is 1.46. The van der Waals surface area contributed by atoms with Crippen molar-refractivity contribution >= 4 is 29.1 Å². The molecule has 1 heterocycles. The van der Waals surface area contributed by atoms with Gasteiger partial charge in [-0.2, -0.15) is 0 Å². The lowest BCUT2D eigenvalue weighted by Crippen LogP contribution is -2.24. The van der Waals surface area contributed by atoms with Crippen molar-refractivity contribution in [1.29, 1.82) is 0 Å². The maximum atomic E-state index is 11.3. The summed E-state index contributed by atoms with van der Waals surface area (Å²) in [5.41, 5.74) is -0.374. The molecule has 0 aromatic carbocycles. The molecule has 0 aliphatic rings. The summed E-state index contributed by atoms with van der Waals surface area (Å²) in [5.74, 6) is 1.18. The fourth-order valence-electron chi connectivity index (χ4n) is 1.00. The summed E-state index contributed by atoms with van der Waals surface area (Å²) in [6, 6.07) is 4.10. The number of hydrogen-bond acceptors (Lipinski definition) is 4. The molecule has 0 fully saturated rings. The van der Waals surface area contributed by atoms with Gasteiger partial charge in [0.25, 0.3) is 0 Å². The van der Waals surface area contributed by atoms with E-state index >= 15 is 0 Å². The summed E-state index contributed by atoms with van der Waals surface area (Å²) in [6.07, 6.45) is 0. The van der Waals surface area contributed by atoms with Crippen LogP contribution in [0.1, 0.15) is 25.6 Å². The Morgan fingerprint density at radius 1 is 1.53 bits per heavy atom. The summed E-state index contributed by atoms with van der Waals surface area (Å²) in [7, 11) is 0. The number of rotatable bonds is 4. The van der Waals surface area contributed by atoms with Crippen LogP contribution >= 0.6 is 23.1 Å². The Labute approximate surface area is 99.0 Å². The topological polar surface area (TPSA) is 26.3 Å². The second-order valence-electron chi connectivity index (χ2n) is 4.16.